The number of nitrogens with zero attached hydrogens (tertiary/aromatic N) is 1. The Morgan fingerprint density at radius 3 is 2.45 bits per heavy atom. The smallest absolute Gasteiger partial charge is 0.310 e. The largest absolute Gasteiger partial charge is 0.481 e. The molecule has 0 radical (unpaired) electrons. The molecule has 1 unspecified atom stereocenters. The number of aliphatic carboxylic acids is 1. The van der Waals surface area contributed by atoms with Gasteiger partial charge in [0, 0.05) is 0 Å². The molecule has 0 saturated carbocycles. The predicted molar refractivity (Wildman–Crippen MR) is 36.7 cm³/mol. The van der Waals surface area contributed by atoms with Crippen molar-refractivity contribution in [2.24, 2.45) is 5.92 Å². The van der Waals surface area contributed by atoms with E-state index in [1.165, 1.54) is 0 Å². The molecule has 1 N–H and O–H groups in total. The summed E-state index contributed by atoms with van der Waals surface area (Å²) in [6.45, 7) is 1.67. The van der Waals surface area contributed by atoms with Gasteiger partial charge < -0.3 is 5.11 Å². The van der Waals surface area contributed by atoms with Crippen LogP contribution in [0.2, 0.25) is 0 Å². The summed E-state index contributed by atoms with van der Waals surface area (Å²) in [6.07, 6.45) is -0.172. The molecule has 0 heterocycles. The summed E-state index contributed by atoms with van der Waals surface area (Å²) in [7, 11) is 0. The molecule has 0 aromatic rings. The van der Waals surface area contributed by atoms with Crippen molar-refractivity contribution in [1.82, 2.24) is 0 Å². The Balaban J connectivity index is 4.03. The fraction of sp³-hybridized carbons (Fsp3) is 0.571. The van der Waals surface area contributed by atoms with Gasteiger partial charge in [-0.3, -0.25) is 9.59 Å². The molecule has 0 aromatic carbocycles. The Morgan fingerprint density at radius 2 is 2.18 bits per heavy atom. The number of ketones is 1. The minimum Gasteiger partial charge on any atom is -0.481 e. The molecule has 0 fully saturated rings. The van der Waals surface area contributed by atoms with E-state index in [0.29, 0.717) is 6.42 Å². The van der Waals surface area contributed by atoms with Crippen molar-refractivity contribution in [3.05, 3.63) is 0 Å². The highest BCUT2D eigenvalue weighted by molar-refractivity contribution is 5.97. The first-order chi connectivity index (χ1) is 5.11. The Labute approximate surface area is 64.4 Å². The minimum atomic E-state index is -1.18. The Kier molecular flexibility index (Phi) is 3.89. The van der Waals surface area contributed by atoms with E-state index >= 15 is 0 Å². The lowest BCUT2D eigenvalue weighted by molar-refractivity contribution is -0.140. The maximum Gasteiger partial charge on any atom is 0.310 e. The number of rotatable bonds is 4. The third kappa shape index (κ3) is 3.36. The van der Waals surface area contributed by atoms with Crippen molar-refractivity contribution < 1.29 is 14.7 Å². The molecule has 0 aliphatic heterocycles. The topological polar surface area (TPSA) is 78.2 Å². The fourth-order valence-electron chi connectivity index (χ4n) is 0.663. The summed E-state index contributed by atoms with van der Waals surface area (Å²) in [6, 6.07) is 1.74. The second-order valence-electron chi connectivity index (χ2n) is 2.13. The van der Waals surface area contributed by atoms with Crippen LogP contribution in [0.3, 0.4) is 0 Å². The number of hydrogen-bond acceptors (Lipinski definition) is 3. The van der Waals surface area contributed by atoms with Crippen LogP contribution < -0.4 is 0 Å². The van der Waals surface area contributed by atoms with Gasteiger partial charge in [-0.2, -0.15) is 5.26 Å². The number of Topliss-reactive ketones (excluding diaryl/α,β-unsaturated/α-hetero) is 1. The van der Waals surface area contributed by atoms with Crippen LogP contribution in [0.1, 0.15) is 19.8 Å². The van der Waals surface area contributed by atoms with Gasteiger partial charge in [0.05, 0.1) is 6.07 Å². The van der Waals surface area contributed by atoms with E-state index in [4.69, 9.17) is 10.4 Å². The van der Waals surface area contributed by atoms with Crippen LogP contribution in [0, 0.1) is 17.2 Å². The molecule has 11 heavy (non-hydrogen) atoms. The summed E-state index contributed by atoms with van der Waals surface area (Å²) in [5.74, 6) is -2.45. The highest BCUT2D eigenvalue weighted by atomic mass is 16.4. The zero-order valence-corrected chi connectivity index (χ0v) is 6.20. The standard InChI is InChI=1S/C7H9NO3/c1-2-5(4-8)6(9)3-7(10)11/h5H,2-3H2,1H3,(H,10,11). The van der Waals surface area contributed by atoms with Crippen molar-refractivity contribution in [2.45, 2.75) is 19.8 Å². The van der Waals surface area contributed by atoms with Crippen molar-refractivity contribution in [2.75, 3.05) is 0 Å². The van der Waals surface area contributed by atoms with Gasteiger partial charge in [-0.1, -0.05) is 6.92 Å². The number of carbonyl (C=O) groups is 2. The van der Waals surface area contributed by atoms with E-state index in [-0.39, 0.29) is 0 Å². The summed E-state index contributed by atoms with van der Waals surface area (Å²) in [5, 5.41) is 16.5. The zero-order chi connectivity index (χ0) is 8.85. The second-order valence-corrected chi connectivity index (χ2v) is 2.13. The summed E-state index contributed by atoms with van der Waals surface area (Å²) in [5.41, 5.74) is 0. The lowest BCUT2D eigenvalue weighted by Crippen LogP contribution is -2.15. The maximum atomic E-state index is 10.8. The van der Waals surface area contributed by atoms with Gasteiger partial charge in [-0.05, 0) is 6.42 Å². The van der Waals surface area contributed by atoms with E-state index in [1.807, 2.05) is 0 Å². The first-order valence-corrected chi connectivity index (χ1v) is 3.26. The molecule has 0 aliphatic carbocycles. The van der Waals surface area contributed by atoms with Gasteiger partial charge in [-0.25, -0.2) is 0 Å². The molecule has 0 aliphatic rings. The van der Waals surface area contributed by atoms with Gasteiger partial charge >= 0.3 is 5.97 Å². The third-order valence-electron chi connectivity index (χ3n) is 1.28. The Bertz CT molecular complexity index is 204. The monoisotopic (exact) mass is 155 g/mol. The molecule has 0 saturated heterocycles. The van der Waals surface area contributed by atoms with Crippen LogP contribution in [-0.2, 0) is 9.59 Å². The molecule has 0 spiro atoms. The molecular formula is C7H9NO3. The quantitative estimate of drug-likeness (QED) is 0.602. The number of carbonyl (C=O) groups excluding carboxylic acids is 1. The average Bonchev–Trinajstić information content (AvgIpc) is 1.88. The predicted octanol–water partition coefficient (Wildman–Crippen LogP) is 0.580. The van der Waals surface area contributed by atoms with Crippen LogP contribution in [0.4, 0.5) is 0 Å². The van der Waals surface area contributed by atoms with E-state index in [0.717, 1.165) is 0 Å². The molecule has 0 rings (SSSR count). The van der Waals surface area contributed by atoms with Crippen molar-refractivity contribution in [1.29, 1.82) is 5.26 Å². The molecular weight excluding hydrogens is 146 g/mol. The highest BCUT2D eigenvalue weighted by Crippen LogP contribution is 2.04. The van der Waals surface area contributed by atoms with Crippen molar-refractivity contribution >= 4 is 11.8 Å². The molecule has 60 valence electrons. The van der Waals surface area contributed by atoms with Gasteiger partial charge in [0.2, 0.25) is 0 Å². The molecule has 0 bridgehead atoms. The maximum absolute atomic E-state index is 10.8. The lowest BCUT2D eigenvalue weighted by Gasteiger charge is -2.00. The number of carboxylic acids is 1. The number of hydrogen-bond donors (Lipinski definition) is 1. The first-order valence-electron chi connectivity index (χ1n) is 3.26. The molecule has 1 atom stereocenters. The van der Waals surface area contributed by atoms with Gasteiger partial charge in [0.25, 0.3) is 0 Å². The molecule has 0 aromatic heterocycles. The number of nitriles is 1. The molecule has 4 heteroatoms. The molecule has 4 nitrogen and oxygen atoms in total. The Hall–Kier alpha value is -1.37. The van der Waals surface area contributed by atoms with Gasteiger partial charge in [-0.15, -0.1) is 0 Å². The highest BCUT2D eigenvalue weighted by Gasteiger charge is 2.17. The Morgan fingerprint density at radius 1 is 1.64 bits per heavy atom. The normalized spacial score (nSPS) is 11.6. The van der Waals surface area contributed by atoms with E-state index < -0.39 is 24.1 Å². The average molecular weight is 155 g/mol. The van der Waals surface area contributed by atoms with Crippen molar-refractivity contribution in [3.63, 3.8) is 0 Å². The zero-order valence-electron chi connectivity index (χ0n) is 6.20. The van der Waals surface area contributed by atoms with Crippen LogP contribution in [0.5, 0.6) is 0 Å². The SMILES string of the molecule is CCC(C#N)C(=O)CC(=O)O. The van der Waals surface area contributed by atoms with E-state index in [1.54, 1.807) is 13.0 Å². The second kappa shape index (κ2) is 4.45. The number of carboxylic acid groups (broad SMARTS) is 1. The van der Waals surface area contributed by atoms with Crippen LogP contribution in [0.15, 0.2) is 0 Å². The van der Waals surface area contributed by atoms with E-state index in [9.17, 15) is 9.59 Å². The summed E-state index contributed by atoms with van der Waals surface area (Å²) < 4.78 is 0. The van der Waals surface area contributed by atoms with E-state index in [2.05, 4.69) is 0 Å². The molecule has 0 amide bonds. The summed E-state index contributed by atoms with van der Waals surface area (Å²) >= 11 is 0. The first kappa shape index (κ1) is 9.63. The third-order valence-corrected chi connectivity index (χ3v) is 1.28. The van der Waals surface area contributed by atoms with Gasteiger partial charge in [0.1, 0.15) is 12.3 Å². The lowest BCUT2D eigenvalue weighted by atomic mass is 10.0. The fourth-order valence-corrected chi connectivity index (χ4v) is 0.663. The van der Waals surface area contributed by atoms with Crippen LogP contribution in [-0.4, -0.2) is 16.9 Å². The summed E-state index contributed by atoms with van der Waals surface area (Å²) in [4.78, 5) is 20.8. The van der Waals surface area contributed by atoms with Crippen LogP contribution in [0.25, 0.3) is 0 Å². The van der Waals surface area contributed by atoms with Crippen LogP contribution >= 0.6 is 0 Å². The van der Waals surface area contributed by atoms with Gasteiger partial charge in [0.15, 0.2) is 5.78 Å². The van der Waals surface area contributed by atoms with Crippen molar-refractivity contribution in [3.8, 4) is 6.07 Å². The minimum absolute atomic E-state index is 0.378.